The van der Waals surface area contributed by atoms with Crippen molar-refractivity contribution in [2.75, 3.05) is 24.7 Å². The van der Waals surface area contributed by atoms with E-state index < -0.39 is 33.4 Å². The SMILES string of the molecule is CS(=O)(=O)N1CC[C@@H](n2sc(Nc3ccccc3C(F)(F)F)c(C#N)c2=O)C1. The summed E-state index contributed by atoms with van der Waals surface area (Å²) in [5.41, 5.74) is -2.15. The standard InChI is InChI=1S/C16H15F3N4O3S2/c1-28(25,26)22-7-6-10(9-22)23-15(24)11(8-20)14(27-23)21-13-5-3-2-4-12(13)16(17,18)19/h2-5,10,21H,6-7,9H2,1H3/t10-/m1/s1. The molecule has 0 unspecified atom stereocenters. The number of sulfonamides is 1. The molecule has 1 aliphatic rings. The van der Waals surface area contributed by atoms with Gasteiger partial charge in [0.1, 0.15) is 11.1 Å². The van der Waals surface area contributed by atoms with E-state index in [0.29, 0.717) is 6.42 Å². The van der Waals surface area contributed by atoms with Crippen molar-refractivity contribution in [1.82, 2.24) is 8.26 Å². The highest BCUT2D eigenvalue weighted by Crippen LogP contribution is 2.37. The highest BCUT2D eigenvalue weighted by Gasteiger charge is 2.35. The fraction of sp³-hybridized carbons (Fsp3) is 0.375. The molecule has 3 rings (SSSR count). The molecule has 1 aliphatic heterocycles. The first-order valence-electron chi connectivity index (χ1n) is 8.06. The first kappa shape index (κ1) is 20.4. The number of aromatic nitrogens is 1. The third kappa shape index (κ3) is 3.91. The molecule has 1 N–H and O–H groups in total. The number of nitrogens with one attached hydrogen (secondary N) is 1. The van der Waals surface area contributed by atoms with Gasteiger partial charge in [-0.25, -0.2) is 8.42 Å². The van der Waals surface area contributed by atoms with E-state index in [-0.39, 0.29) is 29.3 Å². The van der Waals surface area contributed by atoms with Crippen molar-refractivity contribution < 1.29 is 21.6 Å². The topological polar surface area (TPSA) is 95.2 Å². The van der Waals surface area contributed by atoms with Gasteiger partial charge in [-0.2, -0.15) is 22.7 Å². The Kier molecular flexibility index (Phi) is 5.26. The van der Waals surface area contributed by atoms with Gasteiger partial charge in [-0.15, -0.1) is 0 Å². The third-order valence-electron chi connectivity index (χ3n) is 4.35. The van der Waals surface area contributed by atoms with Crippen LogP contribution in [0.25, 0.3) is 0 Å². The molecule has 2 heterocycles. The predicted octanol–water partition coefficient (Wildman–Crippen LogP) is 2.75. The summed E-state index contributed by atoms with van der Waals surface area (Å²) >= 11 is 0.817. The Morgan fingerprint density at radius 1 is 1.32 bits per heavy atom. The van der Waals surface area contributed by atoms with E-state index in [4.69, 9.17) is 0 Å². The summed E-state index contributed by atoms with van der Waals surface area (Å²) in [4.78, 5) is 12.6. The molecular weight excluding hydrogens is 417 g/mol. The van der Waals surface area contributed by atoms with Gasteiger partial charge in [-0.1, -0.05) is 12.1 Å². The summed E-state index contributed by atoms with van der Waals surface area (Å²) in [5, 5.41) is 11.9. The molecule has 1 atom stereocenters. The second-order valence-corrected chi connectivity index (χ2v) is 9.24. The third-order valence-corrected chi connectivity index (χ3v) is 6.77. The lowest BCUT2D eigenvalue weighted by Crippen LogP contribution is -2.29. The van der Waals surface area contributed by atoms with E-state index in [0.717, 1.165) is 23.9 Å². The number of benzene rings is 1. The Labute approximate surface area is 162 Å². The van der Waals surface area contributed by atoms with Crippen molar-refractivity contribution in [3.8, 4) is 6.07 Å². The first-order valence-corrected chi connectivity index (χ1v) is 10.7. The van der Waals surface area contributed by atoms with E-state index in [2.05, 4.69) is 5.32 Å². The minimum Gasteiger partial charge on any atom is -0.344 e. The van der Waals surface area contributed by atoms with Gasteiger partial charge in [0.05, 0.1) is 23.5 Å². The van der Waals surface area contributed by atoms with Gasteiger partial charge in [-0.05, 0) is 30.1 Å². The maximum atomic E-state index is 13.2. The molecule has 1 aromatic heterocycles. The van der Waals surface area contributed by atoms with Crippen LogP contribution in [0.4, 0.5) is 23.9 Å². The molecule has 1 saturated heterocycles. The highest BCUT2D eigenvalue weighted by molar-refractivity contribution is 7.88. The Balaban J connectivity index is 1.97. The van der Waals surface area contributed by atoms with Crippen LogP contribution in [0, 0.1) is 11.3 Å². The monoisotopic (exact) mass is 432 g/mol. The lowest BCUT2D eigenvalue weighted by atomic mass is 10.1. The van der Waals surface area contributed by atoms with E-state index in [1.54, 1.807) is 6.07 Å². The lowest BCUT2D eigenvalue weighted by Gasteiger charge is -2.14. The van der Waals surface area contributed by atoms with Crippen molar-refractivity contribution in [2.45, 2.75) is 18.6 Å². The number of anilines is 2. The Bertz CT molecular complexity index is 1100. The molecule has 28 heavy (non-hydrogen) atoms. The van der Waals surface area contributed by atoms with Gasteiger partial charge in [0.2, 0.25) is 10.0 Å². The van der Waals surface area contributed by atoms with E-state index in [1.807, 2.05) is 0 Å². The van der Waals surface area contributed by atoms with E-state index >= 15 is 0 Å². The number of nitriles is 1. The Morgan fingerprint density at radius 2 is 2.00 bits per heavy atom. The van der Waals surface area contributed by atoms with Crippen LogP contribution in [0.15, 0.2) is 29.1 Å². The molecule has 0 bridgehead atoms. The van der Waals surface area contributed by atoms with Crippen molar-refractivity contribution in [2.24, 2.45) is 0 Å². The molecule has 12 heteroatoms. The average Bonchev–Trinajstić information content (AvgIpc) is 3.19. The maximum Gasteiger partial charge on any atom is 0.418 e. The first-order chi connectivity index (χ1) is 13.0. The van der Waals surface area contributed by atoms with Crippen LogP contribution in [0.3, 0.4) is 0 Å². The summed E-state index contributed by atoms with van der Waals surface area (Å²) in [6.07, 6.45) is -3.17. The zero-order valence-electron chi connectivity index (χ0n) is 14.5. The fourth-order valence-corrected chi connectivity index (χ4v) is 4.93. The second kappa shape index (κ2) is 7.23. The Morgan fingerprint density at radius 3 is 2.57 bits per heavy atom. The van der Waals surface area contributed by atoms with Crippen molar-refractivity contribution >= 4 is 32.2 Å². The van der Waals surface area contributed by atoms with Gasteiger partial charge in [-0.3, -0.25) is 8.75 Å². The summed E-state index contributed by atoms with van der Waals surface area (Å²) in [5.74, 6) is 0. The van der Waals surface area contributed by atoms with Crippen LogP contribution in [0.5, 0.6) is 0 Å². The minimum atomic E-state index is -4.61. The van der Waals surface area contributed by atoms with Gasteiger partial charge >= 0.3 is 6.18 Å². The molecule has 150 valence electrons. The number of para-hydroxylation sites is 1. The molecule has 0 radical (unpaired) electrons. The van der Waals surface area contributed by atoms with Gasteiger partial charge in [0, 0.05) is 13.1 Å². The number of alkyl halides is 3. The maximum absolute atomic E-state index is 13.2. The summed E-state index contributed by atoms with van der Waals surface area (Å²) in [6, 6.07) is 6.00. The van der Waals surface area contributed by atoms with Crippen molar-refractivity contribution in [3.63, 3.8) is 0 Å². The van der Waals surface area contributed by atoms with Crippen LogP contribution in [0.1, 0.15) is 23.6 Å². The molecule has 0 saturated carbocycles. The molecule has 2 aromatic rings. The van der Waals surface area contributed by atoms with Gasteiger partial charge < -0.3 is 5.32 Å². The van der Waals surface area contributed by atoms with Crippen LogP contribution >= 0.6 is 11.5 Å². The van der Waals surface area contributed by atoms with Crippen molar-refractivity contribution in [1.29, 1.82) is 5.26 Å². The van der Waals surface area contributed by atoms with Crippen LogP contribution in [0.2, 0.25) is 0 Å². The second-order valence-electron chi connectivity index (χ2n) is 6.27. The summed E-state index contributed by atoms with van der Waals surface area (Å²) < 4.78 is 65.4. The Hall–Kier alpha value is -2.36. The number of hydrogen-bond acceptors (Lipinski definition) is 6. The molecule has 1 fully saturated rings. The molecular formula is C16H15F3N4O3S2. The zero-order valence-corrected chi connectivity index (χ0v) is 16.2. The number of halogens is 3. The molecule has 0 spiro atoms. The number of rotatable bonds is 4. The summed E-state index contributed by atoms with van der Waals surface area (Å²) in [7, 11) is -3.42. The minimum absolute atomic E-state index is 0.0120. The molecule has 0 aliphatic carbocycles. The van der Waals surface area contributed by atoms with Crippen LogP contribution < -0.4 is 10.9 Å². The summed E-state index contributed by atoms with van der Waals surface area (Å²) in [6.45, 7) is 0.304. The van der Waals surface area contributed by atoms with E-state index in [9.17, 15) is 31.6 Å². The molecule has 0 amide bonds. The van der Waals surface area contributed by atoms with Crippen LogP contribution in [-0.4, -0.2) is 36.0 Å². The van der Waals surface area contributed by atoms with Crippen molar-refractivity contribution in [3.05, 3.63) is 45.7 Å². The fourth-order valence-electron chi connectivity index (χ4n) is 2.98. The van der Waals surface area contributed by atoms with E-state index in [1.165, 1.54) is 26.5 Å². The molecule has 7 nitrogen and oxygen atoms in total. The quantitative estimate of drug-likeness (QED) is 0.802. The largest absolute Gasteiger partial charge is 0.418 e. The highest BCUT2D eigenvalue weighted by atomic mass is 32.2. The van der Waals surface area contributed by atoms with Gasteiger partial charge in [0.25, 0.3) is 5.56 Å². The zero-order chi connectivity index (χ0) is 20.7. The van der Waals surface area contributed by atoms with Crippen LogP contribution in [-0.2, 0) is 16.2 Å². The average molecular weight is 432 g/mol. The predicted molar refractivity (Wildman–Crippen MR) is 98.1 cm³/mol. The number of nitrogens with zero attached hydrogens (tertiary/aromatic N) is 3. The number of hydrogen-bond donors (Lipinski definition) is 1. The lowest BCUT2D eigenvalue weighted by molar-refractivity contribution is -0.136. The molecule has 1 aromatic carbocycles. The van der Waals surface area contributed by atoms with Gasteiger partial charge in [0.15, 0.2) is 5.56 Å². The normalized spacial score (nSPS) is 18.2. The smallest absolute Gasteiger partial charge is 0.344 e.